The molecule has 2 rings (SSSR count). The number of carboxylic acid groups (broad SMARTS) is 1. The van der Waals surface area contributed by atoms with Gasteiger partial charge in [-0.25, -0.2) is 17.9 Å². The molecule has 0 unspecified atom stereocenters. The number of fused-ring (bicyclic) bond motifs is 1. The van der Waals surface area contributed by atoms with Crippen molar-refractivity contribution in [2.24, 2.45) is 0 Å². The first kappa shape index (κ1) is 18.9. The van der Waals surface area contributed by atoms with E-state index in [0.717, 1.165) is 0 Å². The number of ether oxygens (including phenoxy) is 1. The van der Waals surface area contributed by atoms with E-state index in [9.17, 15) is 18.0 Å². The third-order valence-electron chi connectivity index (χ3n) is 3.54. The van der Waals surface area contributed by atoms with Crippen molar-refractivity contribution in [2.75, 3.05) is 13.2 Å². The lowest BCUT2D eigenvalue weighted by atomic mass is 10.1. The molecule has 25 heavy (non-hydrogen) atoms. The molecule has 0 saturated carbocycles. The zero-order chi connectivity index (χ0) is 18.6. The summed E-state index contributed by atoms with van der Waals surface area (Å²) in [6, 6.07) is 4.24. The van der Waals surface area contributed by atoms with Crippen LogP contribution >= 0.6 is 0 Å². The van der Waals surface area contributed by atoms with Gasteiger partial charge in [-0.1, -0.05) is 0 Å². The number of nitrogens with one attached hydrogen (secondary N) is 1. The van der Waals surface area contributed by atoms with E-state index in [1.165, 1.54) is 18.2 Å². The lowest BCUT2D eigenvalue weighted by Crippen LogP contribution is -2.25. The van der Waals surface area contributed by atoms with E-state index in [-0.39, 0.29) is 36.6 Å². The summed E-state index contributed by atoms with van der Waals surface area (Å²) in [6.45, 7) is 3.55. The summed E-state index contributed by atoms with van der Waals surface area (Å²) in [5.41, 5.74) is 0.877. The van der Waals surface area contributed by atoms with Crippen LogP contribution in [0.2, 0.25) is 0 Å². The normalized spacial score (nSPS) is 11.6. The van der Waals surface area contributed by atoms with Crippen LogP contribution in [0.3, 0.4) is 0 Å². The number of carbonyl (C=O) groups excluding carboxylic acids is 1. The van der Waals surface area contributed by atoms with Crippen molar-refractivity contribution in [3.8, 4) is 0 Å². The fourth-order valence-electron chi connectivity index (χ4n) is 2.29. The Labute approximate surface area is 144 Å². The standard InChI is InChI=1S/C16H19NO7S/c1-3-23-16(20)15-10(2)12-9-11(6-7-13(12)24-15)25(21,22)17-8-4-5-14(18)19/h6-7,9,17H,3-5,8H2,1-2H3,(H,18,19). The number of benzene rings is 1. The minimum atomic E-state index is -3.79. The fraction of sp³-hybridized carbons (Fsp3) is 0.375. The molecule has 2 N–H and O–H groups in total. The minimum absolute atomic E-state index is 0.00892. The minimum Gasteiger partial charge on any atom is -0.481 e. The van der Waals surface area contributed by atoms with Gasteiger partial charge >= 0.3 is 11.9 Å². The fourth-order valence-corrected chi connectivity index (χ4v) is 3.39. The number of hydrogen-bond acceptors (Lipinski definition) is 6. The summed E-state index contributed by atoms with van der Waals surface area (Å²) in [5.74, 6) is -1.55. The Balaban J connectivity index is 2.26. The summed E-state index contributed by atoms with van der Waals surface area (Å²) >= 11 is 0. The van der Waals surface area contributed by atoms with Crippen molar-refractivity contribution < 1.29 is 32.3 Å². The van der Waals surface area contributed by atoms with Gasteiger partial charge in [-0.05, 0) is 38.5 Å². The van der Waals surface area contributed by atoms with Crippen molar-refractivity contribution >= 4 is 32.9 Å². The molecular weight excluding hydrogens is 350 g/mol. The van der Waals surface area contributed by atoms with Crippen LogP contribution in [-0.2, 0) is 19.6 Å². The molecule has 0 amide bonds. The molecule has 0 saturated heterocycles. The highest BCUT2D eigenvalue weighted by molar-refractivity contribution is 7.89. The Bertz CT molecular complexity index is 899. The summed E-state index contributed by atoms with van der Waals surface area (Å²) in [6.07, 6.45) is 0.0693. The molecule has 0 spiro atoms. The Hall–Kier alpha value is -2.39. The summed E-state index contributed by atoms with van der Waals surface area (Å²) in [7, 11) is -3.79. The second-order valence-corrected chi connectivity index (χ2v) is 7.10. The van der Waals surface area contributed by atoms with Crippen LogP contribution in [0.25, 0.3) is 11.0 Å². The predicted octanol–water partition coefficient (Wildman–Crippen LogP) is 2.06. The number of hydrogen-bond donors (Lipinski definition) is 2. The van der Waals surface area contributed by atoms with Crippen molar-refractivity contribution in [1.29, 1.82) is 0 Å². The van der Waals surface area contributed by atoms with Gasteiger partial charge in [0.25, 0.3) is 0 Å². The number of aryl methyl sites for hydroxylation is 1. The van der Waals surface area contributed by atoms with Gasteiger partial charge in [0.1, 0.15) is 5.58 Å². The van der Waals surface area contributed by atoms with Crippen molar-refractivity contribution in [2.45, 2.75) is 31.6 Å². The molecule has 0 fully saturated rings. The summed E-state index contributed by atoms with van der Waals surface area (Å²) in [5, 5.41) is 9.07. The lowest BCUT2D eigenvalue weighted by Gasteiger charge is -2.06. The van der Waals surface area contributed by atoms with Crippen molar-refractivity contribution in [1.82, 2.24) is 4.72 Å². The van der Waals surface area contributed by atoms with Crippen LogP contribution in [0.4, 0.5) is 0 Å². The highest BCUT2D eigenvalue weighted by Crippen LogP contribution is 2.28. The molecule has 8 nitrogen and oxygen atoms in total. The lowest BCUT2D eigenvalue weighted by molar-refractivity contribution is -0.137. The largest absolute Gasteiger partial charge is 0.481 e. The molecule has 0 bridgehead atoms. The van der Waals surface area contributed by atoms with Gasteiger partial charge in [0.15, 0.2) is 0 Å². The van der Waals surface area contributed by atoms with Crippen LogP contribution in [0.5, 0.6) is 0 Å². The van der Waals surface area contributed by atoms with Gasteiger partial charge < -0.3 is 14.3 Å². The molecule has 1 aromatic heterocycles. The Morgan fingerprint density at radius 3 is 2.68 bits per heavy atom. The average molecular weight is 369 g/mol. The van der Waals surface area contributed by atoms with Gasteiger partial charge in [0, 0.05) is 23.9 Å². The number of rotatable bonds is 8. The number of sulfonamides is 1. The van der Waals surface area contributed by atoms with Crippen molar-refractivity contribution in [3.05, 3.63) is 29.5 Å². The van der Waals surface area contributed by atoms with E-state index in [1.807, 2.05) is 0 Å². The number of carboxylic acids is 1. The first-order valence-electron chi connectivity index (χ1n) is 7.68. The maximum Gasteiger partial charge on any atom is 0.374 e. The molecular formula is C16H19NO7S. The average Bonchev–Trinajstić information content (AvgIpc) is 2.88. The third-order valence-corrected chi connectivity index (χ3v) is 5.00. The van der Waals surface area contributed by atoms with E-state index in [1.54, 1.807) is 13.8 Å². The van der Waals surface area contributed by atoms with E-state index in [0.29, 0.717) is 16.5 Å². The van der Waals surface area contributed by atoms with Crippen molar-refractivity contribution in [3.63, 3.8) is 0 Å². The zero-order valence-corrected chi connectivity index (χ0v) is 14.7. The first-order chi connectivity index (χ1) is 11.8. The third kappa shape index (κ3) is 4.37. The van der Waals surface area contributed by atoms with Gasteiger partial charge in [-0.3, -0.25) is 4.79 Å². The number of carbonyl (C=O) groups is 2. The van der Waals surface area contributed by atoms with E-state index in [2.05, 4.69) is 4.72 Å². The Morgan fingerprint density at radius 2 is 2.04 bits per heavy atom. The SMILES string of the molecule is CCOC(=O)c1oc2ccc(S(=O)(=O)NCCCC(=O)O)cc2c1C. The maximum atomic E-state index is 12.3. The molecule has 1 aromatic carbocycles. The summed E-state index contributed by atoms with van der Waals surface area (Å²) < 4.78 is 37.3. The molecule has 0 atom stereocenters. The van der Waals surface area contributed by atoms with Crippen LogP contribution in [0.1, 0.15) is 35.9 Å². The van der Waals surface area contributed by atoms with E-state index < -0.39 is 22.0 Å². The van der Waals surface area contributed by atoms with Gasteiger partial charge in [0.2, 0.25) is 15.8 Å². The van der Waals surface area contributed by atoms with Gasteiger partial charge in [0.05, 0.1) is 11.5 Å². The quantitative estimate of drug-likeness (QED) is 0.539. The van der Waals surface area contributed by atoms with Gasteiger partial charge in [-0.2, -0.15) is 0 Å². The molecule has 136 valence electrons. The smallest absolute Gasteiger partial charge is 0.374 e. The predicted molar refractivity (Wildman–Crippen MR) is 89.0 cm³/mol. The highest BCUT2D eigenvalue weighted by atomic mass is 32.2. The Kier molecular flexibility index (Phi) is 5.81. The number of furan rings is 1. The van der Waals surface area contributed by atoms with E-state index >= 15 is 0 Å². The molecule has 9 heteroatoms. The molecule has 0 radical (unpaired) electrons. The highest BCUT2D eigenvalue weighted by Gasteiger charge is 2.21. The van der Waals surface area contributed by atoms with Crippen LogP contribution in [0.15, 0.2) is 27.5 Å². The monoisotopic (exact) mass is 369 g/mol. The Morgan fingerprint density at radius 1 is 1.32 bits per heavy atom. The zero-order valence-electron chi connectivity index (χ0n) is 13.9. The number of aliphatic carboxylic acids is 1. The van der Waals surface area contributed by atoms with Crippen LogP contribution < -0.4 is 4.72 Å². The number of esters is 1. The van der Waals surface area contributed by atoms with E-state index in [4.69, 9.17) is 14.3 Å². The first-order valence-corrected chi connectivity index (χ1v) is 9.16. The second-order valence-electron chi connectivity index (χ2n) is 5.33. The maximum absolute atomic E-state index is 12.3. The topological polar surface area (TPSA) is 123 Å². The van der Waals surface area contributed by atoms with Crippen LogP contribution in [-0.4, -0.2) is 38.6 Å². The summed E-state index contributed by atoms with van der Waals surface area (Å²) in [4.78, 5) is 22.3. The molecule has 2 aromatic rings. The molecule has 0 aliphatic rings. The van der Waals surface area contributed by atoms with Crippen LogP contribution in [0, 0.1) is 6.92 Å². The molecule has 1 heterocycles. The van der Waals surface area contributed by atoms with Gasteiger partial charge in [-0.15, -0.1) is 0 Å². The molecule has 0 aliphatic carbocycles. The molecule has 0 aliphatic heterocycles. The second kappa shape index (κ2) is 7.66.